The van der Waals surface area contributed by atoms with Crippen molar-refractivity contribution in [2.24, 2.45) is 0 Å². The zero-order valence-corrected chi connectivity index (χ0v) is 13.6. The number of fused-ring (bicyclic) bond motifs is 1. The number of rotatable bonds is 5. The van der Waals surface area contributed by atoms with Crippen LogP contribution in [-0.2, 0) is 22.7 Å². The van der Waals surface area contributed by atoms with Crippen molar-refractivity contribution in [2.45, 2.75) is 68.1 Å². The van der Waals surface area contributed by atoms with Gasteiger partial charge in [-0.25, -0.2) is 8.42 Å². The number of hydrogen-bond donors (Lipinski definition) is 1. The Labute approximate surface area is 128 Å². The first-order chi connectivity index (χ1) is 10.1. The van der Waals surface area contributed by atoms with Crippen LogP contribution < -0.4 is 5.32 Å². The lowest BCUT2D eigenvalue weighted by molar-refractivity contribution is 0.520. The Bertz CT molecular complexity index is 609. The molecule has 0 aromatic heterocycles. The van der Waals surface area contributed by atoms with Crippen molar-refractivity contribution in [3.05, 3.63) is 29.3 Å². The molecule has 0 spiro atoms. The van der Waals surface area contributed by atoms with E-state index in [1.165, 1.54) is 11.1 Å². The number of sulfone groups is 1. The van der Waals surface area contributed by atoms with Crippen LogP contribution in [-0.4, -0.2) is 26.3 Å². The lowest BCUT2D eigenvalue weighted by Gasteiger charge is -2.14. The van der Waals surface area contributed by atoms with E-state index in [4.69, 9.17) is 0 Å². The van der Waals surface area contributed by atoms with Gasteiger partial charge < -0.3 is 5.32 Å². The molecule has 2 unspecified atom stereocenters. The predicted octanol–water partition coefficient (Wildman–Crippen LogP) is 2.87. The van der Waals surface area contributed by atoms with Crippen molar-refractivity contribution in [1.29, 1.82) is 0 Å². The Hall–Kier alpha value is -0.870. The molecule has 1 aromatic carbocycles. The van der Waals surface area contributed by atoms with Crippen molar-refractivity contribution in [1.82, 2.24) is 5.32 Å². The summed E-state index contributed by atoms with van der Waals surface area (Å²) in [6, 6.07) is 6.16. The predicted molar refractivity (Wildman–Crippen MR) is 85.4 cm³/mol. The van der Waals surface area contributed by atoms with Crippen molar-refractivity contribution < 1.29 is 8.42 Å². The van der Waals surface area contributed by atoms with E-state index < -0.39 is 9.84 Å². The van der Waals surface area contributed by atoms with E-state index in [-0.39, 0.29) is 5.25 Å². The first-order valence-corrected chi connectivity index (χ1v) is 9.75. The molecule has 2 atom stereocenters. The molecule has 0 amide bonds. The maximum absolute atomic E-state index is 12.8. The molecule has 2 aliphatic carbocycles. The van der Waals surface area contributed by atoms with Gasteiger partial charge in [0.05, 0.1) is 10.1 Å². The monoisotopic (exact) mass is 307 g/mol. The van der Waals surface area contributed by atoms with Gasteiger partial charge in [0, 0.05) is 6.04 Å². The molecule has 0 saturated heterocycles. The Balaban J connectivity index is 1.75. The zero-order chi connectivity index (χ0) is 14.9. The van der Waals surface area contributed by atoms with Crippen molar-refractivity contribution in [3.8, 4) is 0 Å². The molecule has 3 rings (SSSR count). The van der Waals surface area contributed by atoms with Crippen LogP contribution in [0.4, 0.5) is 0 Å². The van der Waals surface area contributed by atoms with Gasteiger partial charge in [-0.1, -0.05) is 13.0 Å². The standard InChI is InChI=1S/C17H25NO2S/c1-2-10-18-15-7-9-17(12-15)21(19,20)16-8-6-13-4-3-5-14(13)11-16/h6,8,11,15,17-18H,2-5,7,9-10,12H2,1H3. The summed E-state index contributed by atoms with van der Waals surface area (Å²) in [5.74, 6) is 0. The van der Waals surface area contributed by atoms with Gasteiger partial charge >= 0.3 is 0 Å². The Kier molecular flexibility index (Phi) is 4.36. The van der Waals surface area contributed by atoms with E-state index in [2.05, 4.69) is 12.2 Å². The fourth-order valence-corrected chi connectivity index (χ4v) is 5.55. The molecule has 2 aliphatic rings. The van der Waals surface area contributed by atoms with Gasteiger partial charge in [-0.3, -0.25) is 0 Å². The average molecular weight is 307 g/mol. The Morgan fingerprint density at radius 3 is 2.81 bits per heavy atom. The SMILES string of the molecule is CCCNC1CCC(S(=O)(=O)c2ccc3c(c2)CCC3)C1. The summed E-state index contributed by atoms with van der Waals surface area (Å²) in [5.41, 5.74) is 2.58. The molecule has 116 valence electrons. The molecule has 0 bridgehead atoms. The van der Waals surface area contributed by atoms with E-state index in [1.54, 1.807) is 0 Å². The highest BCUT2D eigenvalue weighted by molar-refractivity contribution is 7.92. The van der Waals surface area contributed by atoms with Crippen molar-refractivity contribution in [3.63, 3.8) is 0 Å². The van der Waals surface area contributed by atoms with Crippen LogP contribution in [0.25, 0.3) is 0 Å². The molecule has 0 radical (unpaired) electrons. The summed E-state index contributed by atoms with van der Waals surface area (Å²) >= 11 is 0. The van der Waals surface area contributed by atoms with Crippen molar-refractivity contribution in [2.75, 3.05) is 6.54 Å². The largest absolute Gasteiger partial charge is 0.314 e. The van der Waals surface area contributed by atoms with Gasteiger partial charge in [-0.05, 0) is 74.8 Å². The molecular weight excluding hydrogens is 282 g/mol. The molecule has 0 heterocycles. The maximum atomic E-state index is 12.8. The first-order valence-electron chi connectivity index (χ1n) is 8.20. The molecule has 0 aliphatic heterocycles. The third-order valence-electron chi connectivity index (χ3n) is 4.90. The van der Waals surface area contributed by atoms with Crippen LogP contribution in [0.3, 0.4) is 0 Å². The Morgan fingerprint density at radius 1 is 1.19 bits per heavy atom. The molecule has 1 saturated carbocycles. The van der Waals surface area contributed by atoms with E-state index in [9.17, 15) is 8.42 Å². The second-order valence-electron chi connectivity index (χ2n) is 6.42. The van der Waals surface area contributed by atoms with Crippen LogP contribution in [0.15, 0.2) is 23.1 Å². The second-order valence-corrected chi connectivity index (χ2v) is 8.64. The molecule has 1 N–H and O–H groups in total. The van der Waals surface area contributed by atoms with E-state index in [0.29, 0.717) is 10.9 Å². The fourth-order valence-electron chi connectivity index (χ4n) is 3.67. The van der Waals surface area contributed by atoms with Gasteiger partial charge in [0.25, 0.3) is 0 Å². The van der Waals surface area contributed by atoms with Crippen molar-refractivity contribution >= 4 is 9.84 Å². The zero-order valence-electron chi connectivity index (χ0n) is 12.8. The number of hydrogen-bond acceptors (Lipinski definition) is 3. The minimum absolute atomic E-state index is 0.202. The Morgan fingerprint density at radius 2 is 2.00 bits per heavy atom. The van der Waals surface area contributed by atoms with Crippen LogP contribution in [0, 0.1) is 0 Å². The molecule has 3 nitrogen and oxygen atoms in total. The highest BCUT2D eigenvalue weighted by Gasteiger charge is 2.35. The minimum atomic E-state index is -3.16. The third-order valence-corrected chi connectivity index (χ3v) is 7.12. The van der Waals surface area contributed by atoms with Gasteiger partial charge in [0.15, 0.2) is 9.84 Å². The molecule has 1 fully saturated rings. The van der Waals surface area contributed by atoms with E-state index >= 15 is 0 Å². The average Bonchev–Trinajstić information content (AvgIpc) is 3.13. The summed E-state index contributed by atoms with van der Waals surface area (Å²) in [7, 11) is -3.16. The number of aryl methyl sites for hydroxylation is 2. The highest BCUT2D eigenvalue weighted by Crippen LogP contribution is 2.32. The van der Waals surface area contributed by atoms with Crippen LogP contribution in [0.1, 0.15) is 50.2 Å². The summed E-state index contributed by atoms with van der Waals surface area (Å²) in [6.07, 6.45) is 6.92. The lowest BCUT2D eigenvalue weighted by atomic mass is 10.1. The van der Waals surface area contributed by atoms with Gasteiger partial charge in [0.1, 0.15) is 0 Å². The highest BCUT2D eigenvalue weighted by atomic mass is 32.2. The molecule has 21 heavy (non-hydrogen) atoms. The summed E-state index contributed by atoms with van der Waals surface area (Å²) in [4.78, 5) is 0.546. The normalized spacial score (nSPS) is 25.2. The van der Waals surface area contributed by atoms with Crippen LogP contribution in [0.2, 0.25) is 0 Å². The van der Waals surface area contributed by atoms with E-state index in [0.717, 1.165) is 51.5 Å². The maximum Gasteiger partial charge on any atom is 0.181 e. The fraction of sp³-hybridized carbons (Fsp3) is 0.647. The van der Waals surface area contributed by atoms with E-state index in [1.807, 2.05) is 18.2 Å². The number of nitrogens with one attached hydrogen (secondary N) is 1. The molecular formula is C17H25NO2S. The second kappa shape index (κ2) is 6.09. The number of benzene rings is 1. The van der Waals surface area contributed by atoms with Gasteiger partial charge in [0.2, 0.25) is 0 Å². The summed E-state index contributed by atoms with van der Waals surface area (Å²) in [6.45, 7) is 3.12. The minimum Gasteiger partial charge on any atom is -0.314 e. The topological polar surface area (TPSA) is 46.2 Å². The third kappa shape index (κ3) is 3.02. The smallest absolute Gasteiger partial charge is 0.181 e. The lowest BCUT2D eigenvalue weighted by Crippen LogP contribution is -2.29. The summed E-state index contributed by atoms with van der Waals surface area (Å²) in [5, 5.41) is 3.26. The van der Waals surface area contributed by atoms with Gasteiger partial charge in [-0.2, -0.15) is 0 Å². The quantitative estimate of drug-likeness (QED) is 0.910. The van der Waals surface area contributed by atoms with Crippen LogP contribution in [0.5, 0.6) is 0 Å². The van der Waals surface area contributed by atoms with Gasteiger partial charge in [-0.15, -0.1) is 0 Å². The molecule has 1 aromatic rings. The first kappa shape index (κ1) is 15.0. The summed E-state index contributed by atoms with van der Waals surface area (Å²) < 4.78 is 25.7. The molecule has 4 heteroatoms. The van der Waals surface area contributed by atoms with Crippen LogP contribution >= 0.6 is 0 Å².